The molecule has 1 aromatic heterocycles. The Hall–Kier alpha value is -1.96. The van der Waals surface area contributed by atoms with Gasteiger partial charge in [-0.1, -0.05) is 12.1 Å². The van der Waals surface area contributed by atoms with Gasteiger partial charge in [0.05, 0.1) is 21.7 Å². The molecule has 2 heterocycles. The third-order valence-corrected chi connectivity index (χ3v) is 4.75. The van der Waals surface area contributed by atoms with Gasteiger partial charge in [0.15, 0.2) is 0 Å². The molecule has 1 aliphatic heterocycles. The Morgan fingerprint density at radius 2 is 2.07 bits per heavy atom. The van der Waals surface area contributed by atoms with Crippen molar-refractivity contribution >= 4 is 17.7 Å². The molecule has 1 aromatic carbocycles. The number of nitrogens with one attached hydrogen (secondary N) is 2. The van der Waals surface area contributed by atoms with Gasteiger partial charge in [0, 0.05) is 18.2 Å². The molecule has 0 bridgehead atoms. The summed E-state index contributed by atoms with van der Waals surface area (Å²) in [6.07, 6.45) is 3.36. The minimum Gasteiger partial charge on any atom is -0.508 e. The Labute approximate surface area is 172 Å². The molecule has 0 aliphatic carbocycles. The zero-order valence-electron chi connectivity index (χ0n) is 17.5. The largest absolute Gasteiger partial charge is 0.508 e. The number of aliphatic hydroxyl groups is 1. The molecule has 28 heavy (non-hydrogen) atoms. The van der Waals surface area contributed by atoms with Crippen molar-refractivity contribution in [2.45, 2.75) is 65.6 Å². The monoisotopic (exact) mass is 407 g/mol. The van der Waals surface area contributed by atoms with E-state index in [2.05, 4.69) is 22.5 Å². The second-order valence-corrected chi connectivity index (χ2v) is 8.63. The highest BCUT2D eigenvalue weighted by Gasteiger charge is 2.08. The molecule has 0 spiro atoms. The Morgan fingerprint density at radius 1 is 1.39 bits per heavy atom. The van der Waals surface area contributed by atoms with Crippen molar-refractivity contribution in [3.8, 4) is 16.2 Å². The molecule has 0 saturated carbocycles. The quantitative estimate of drug-likeness (QED) is 0.581. The highest BCUT2D eigenvalue weighted by Crippen LogP contribution is 2.31. The molecule has 1 amide bonds. The van der Waals surface area contributed by atoms with E-state index in [0.29, 0.717) is 18.5 Å². The van der Waals surface area contributed by atoms with Gasteiger partial charge in [-0.15, -0.1) is 11.3 Å². The summed E-state index contributed by atoms with van der Waals surface area (Å²) in [5.74, 6) is 0.185. The number of rotatable bonds is 4. The average molecular weight is 408 g/mol. The summed E-state index contributed by atoms with van der Waals surface area (Å²) in [5, 5.41) is 24.2. The lowest BCUT2D eigenvalue weighted by Crippen LogP contribution is -2.16. The van der Waals surface area contributed by atoms with Crippen LogP contribution in [0.1, 0.15) is 51.8 Å². The maximum atomic E-state index is 10.2. The number of amides is 1. The van der Waals surface area contributed by atoms with Crippen molar-refractivity contribution in [2.24, 2.45) is 0 Å². The van der Waals surface area contributed by atoms with E-state index in [9.17, 15) is 9.90 Å². The van der Waals surface area contributed by atoms with Crippen LogP contribution in [0.4, 0.5) is 0 Å². The summed E-state index contributed by atoms with van der Waals surface area (Å²) in [7, 11) is 0. The minimum absolute atomic E-state index is 0.185. The van der Waals surface area contributed by atoms with Gasteiger partial charge in [0.1, 0.15) is 5.75 Å². The summed E-state index contributed by atoms with van der Waals surface area (Å²) in [4.78, 5) is 15.4. The third-order valence-electron chi connectivity index (χ3n) is 3.78. The maximum absolute atomic E-state index is 10.2. The molecule has 0 radical (unpaired) electrons. The second-order valence-electron chi connectivity index (χ2n) is 7.78. The van der Waals surface area contributed by atoms with Crippen LogP contribution in [0.2, 0.25) is 0 Å². The second kappa shape index (κ2) is 11.8. The maximum Gasteiger partial charge on any atom is 0.207 e. The first-order valence-corrected chi connectivity index (χ1v) is 10.3. The molecular weight excluding hydrogens is 374 g/mol. The van der Waals surface area contributed by atoms with E-state index in [4.69, 9.17) is 5.11 Å². The number of thiazole rings is 1. The summed E-state index contributed by atoms with van der Waals surface area (Å²) < 4.78 is 0. The molecule has 4 N–H and O–H groups in total. The van der Waals surface area contributed by atoms with Crippen molar-refractivity contribution in [1.29, 1.82) is 0 Å². The van der Waals surface area contributed by atoms with Gasteiger partial charge >= 0.3 is 0 Å². The fraction of sp³-hybridized carbons (Fsp3) is 0.524. The molecule has 1 saturated heterocycles. The van der Waals surface area contributed by atoms with Crippen LogP contribution in [-0.2, 0) is 11.3 Å². The molecule has 156 valence electrons. The number of nitrogens with zero attached hydrogens (tertiary/aromatic N) is 1. The van der Waals surface area contributed by atoms with Crippen LogP contribution in [-0.4, -0.2) is 39.8 Å². The fourth-order valence-corrected chi connectivity index (χ4v) is 3.25. The lowest BCUT2D eigenvalue weighted by atomic mass is 10.1. The number of aryl methyl sites for hydroxylation is 1. The number of carbonyl (C=O) groups excluding carboxylic acids is 1. The van der Waals surface area contributed by atoms with Crippen LogP contribution in [0.5, 0.6) is 5.75 Å². The van der Waals surface area contributed by atoms with Crippen molar-refractivity contribution in [3.05, 3.63) is 35.0 Å². The summed E-state index contributed by atoms with van der Waals surface area (Å²) in [6.45, 7) is 11.0. The van der Waals surface area contributed by atoms with Gasteiger partial charge < -0.3 is 20.8 Å². The van der Waals surface area contributed by atoms with Crippen LogP contribution in [0.25, 0.3) is 10.4 Å². The SMILES string of the molecule is CC(C)(C)O.CC1CCCN1.Cc1ncsc1-c1ccc(CNC=O)c(O)c1. The minimum atomic E-state index is -0.500. The predicted molar refractivity (Wildman–Crippen MR) is 116 cm³/mol. The molecule has 7 heteroatoms. The number of phenols is 1. The molecular formula is C21H33N3O3S. The highest BCUT2D eigenvalue weighted by molar-refractivity contribution is 7.13. The first-order chi connectivity index (χ1) is 13.1. The summed E-state index contributed by atoms with van der Waals surface area (Å²) >= 11 is 1.54. The lowest BCUT2D eigenvalue weighted by Gasteiger charge is -2.06. The number of aromatic nitrogens is 1. The van der Waals surface area contributed by atoms with E-state index >= 15 is 0 Å². The van der Waals surface area contributed by atoms with Gasteiger partial charge in [-0.3, -0.25) is 4.79 Å². The number of phenolic OH excluding ortho intramolecular Hbond substituents is 1. The van der Waals surface area contributed by atoms with E-state index in [1.165, 1.54) is 19.4 Å². The van der Waals surface area contributed by atoms with Gasteiger partial charge in [0.2, 0.25) is 6.41 Å². The number of hydrogen-bond donors (Lipinski definition) is 4. The number of aromatic hydroxyl groups is 1. The Morgan fingerprint density at radius 3 is 2.46 bits per heavy atom. The third kappa shape index (κ3) is 9.82. The van der Waals surface area contributed by atoms with E-state index in [0.717, 1.165) is 22.2 Å². The topological polar surface area (TPSA) is 94.5 Å². The number of carbonyl (C=O) groups is 1. The van der Waals surface area contributed by atoms with Crippen LogP contribution < -0.4 is 10.6 Å². The number of hydrogen-bond acceptors (Lipinski definition) is 6. The lowest BCUT2D eigenvalue weighted by molar-refractivity contribution is -0.109. The van der Waals surface area contributed by atoms with Gasteiger partial charge in [-0.25, -0.2) is 4.98 Å². The smallest absolute Gasteiger partial charge is 0.207 e. The van der Waals surface area contributed by atoms with Crippen molar-refractivity contribution in [2.75, 3.05) is 6.54 Å². The number of benzene rings is 1. The highest BCUT2D eigenvalue weighted by atomic mass is 32.1. The fourth-order valence-electron chi connectivity index (χ4n) is 2.44. The first-order valence-electron chi connectivity index (χ1n) is 9.47. The predicted octanol–water partition coefficient (Wildman–Crippen LogP) is 3.61. The van der Waals surface area contributed by atoms with E-state index in [1.54, 1.807) is 49.8 Å². The van der Waals surface area contributed by atoms with Crippen LogP contribution in [0, 0.1) is 6.92 Å². The van der Waals surface area contributed by atoms with Crippen LogP contribution in [0.3, 0.4) is 0 Å². The Bertz CT molecular complexity index is 714. The molecule has 1 aliphatic rings. The first kappa shape index (κ1) is 24.1. The average Bonchev–Trinajstić information content (AvgIpc) is 3.24. The van der Waals surface area contributed by atoms with E-state index in [1.807, 2.05) is 13.0 Å². The van der Waals surface area contributed by atoms with Crippen molar-refractivity contribution < 1.29 is 15.0 Å². The molecule has 1 atom stereocenters. The normalized spacial score (nSPS) is 15.7. The van der Waals surface area contributed by atoms with Gasteiger partial charge in [-0.05, 0) is 65.6 Å². The Kier molecular flexibility index (Phi) is 10.1. The van der Waals surface area contributed by atoms with E-state index < -0.39 is 5.60 Å². The van der Waals surface area contributed by atoms with Crippen molar-refractivity contribution in [3.63, 3.8) is 0 Å². The zero-order valence-corrected chi connectivity index (χ0v) is 18.3. The summed E-state index contributed by atoms with van der Waals surface area (Å²) in [6, 6.07) is 6.22. The molecule has 3 rings (SSSR count). The van der Waals surface area contributed by atoms with Crippen molar-refractivity contribution in [1.82, 2.24) is 15.6 Å². The summed E-state index contributed by atoms with van der Waals surface area (Å²) in [5.41, 5.74) is 3.87. The Balaban J connectivity index is 0.000000292. The molecule has 1 fully saturated rings. The molecule has 2 aromatic rings. The zero-order chi connectivity index (χ0) is 21.2. The van der Waals surface area contributed by atoms with Crippen LogP contribution >= 0.6 is 11.3 Å². The van der Waals surface area contributed by atoms with E-state index in [-0.39, 0.29) is 5.75 Å². The van der Waals surface area contributed by atoms with Crippen LogP contribution in [0.15, 0.2) is 23.7 Å². The molecule has 1 unspecified atom stereocenters. The van der Waals surface area contributed by atoms with Gasteiger partial charge in [-0.2, -0.15) is 0 Å². The van der Waals surface area contributed by atoms with Gasteiger partial charge in [0.25, 0.3) is 0 Å². The molecule has 6 nitrogen and oxygen atoms in total. The standard InChI is InChI=1S/C12H12N2O2S.C5H11N.C4H10O/c1-8-12(17-7-14-8)9-2-3-10(5-13-6-15)11(16)4-9;1-5-3-2-4-6-5;1-4(2,3)5/h2-4,6-7,16H,5H2,1H3,(H,13,15);5-6H,2-4H2,1H3;5H,1-3H3.